The first kappa shape index (κ1) is 13.9. The van der Waals surface area contributed by atoms with E-state index in [9.17, 15) is 4.79 Å². The lowest BCUT2D eigenvalue weighted by Gasteiger charge is -2.08. The zero-order valence-electron chi connectivity index (χ0n) is 10.5. The summed E-state index contributed by atoms with van der Waals surface area (Å²) in [5, 5.41) is 2.81. The lowest BCUT2D eigenvalue weighted by atomic mass is 10.2. The number of nitrogen functional groups attached to an aromatic ring is 1. The summed E-state index contributed by atoms with van der Waals surface area (Å²) in [5.74, 6) is 0.441. The standard InChI is InChI=1S/C13H13BrN2O2S/c1-7-5-11(19-12(7)14)13(17)16-8-3-4-10(18-2)9(15)6-8/h3-6H,15H2,1-2H3,(H,16,17). The van der Waals surface area contributed by atoms with Crippen molar-refractivity contribution in [2.45, 2.75) is 6.92 Å². The van der Waals surface area contributed by atoms with Crippen LogP contribution in [0.3, 0.4) is 0 Å². The van der Waals surface area contributed by atoms with Crippen LogP contribution < -0.4 is 15.8 Å². The molecule has 6 heteroatoms. The number of nitrogens with one attached hydrogen (secondary N) is 1. The number of ether oxygens (including phenoxy) is 1. The second-order valence-electron chi connectivity index (χ2n) is 3.98. The third kappa shape index (κ3) is 3.08. The molecule has 1 aromatic carbocycles. The molecule has 0 atom stereocenters. The number of carbonyl (C=O) groups excluding carboxylic acids is 1. The molecule has 1 amide bonds. The molecule has 100 valence electrons. The molecule has 2 aromatic rings. The molecule has 2 rings (SSSR count). The number of anilines is 2. The maximum atomic E-state index is 12.1. The Morgan fingerprint density at radius 3 is 2.68 bits per heavy atom. The summed E-state index contributed by atoms with van der Waals surface area (Å²) in [6, 6.07) is 6.99. The van der Waals surface area contributed by atoms with Crippen molar-refractivity contribution in [2.75, 3.05) is 18.2 Å². The topological polar surface area (TPSA) is 64.3 Å². The summed E-state index contributed by atoms with van der Waals surface area (Å²) in [7, 11) is 1.55. The minimum atomic E-state index is -0.150. The number of nitrogens with two attached hydrogens (primary N) is 1. The molecule has 0 saturated heterocycles. The maximum absolute atomic E-state index is 12.1. The van der Waals surface area contributed by atoms with E-state index < -0.39 is 0 Å². The fraction of sp³-hybridized carbons (Fsp3) is 0.154. The van der Waals surface area contributed by atoms with Crippen molar-refractivity contribution < 1.29 is 9.53 Å². The first-order valence-electron chi connectivity index (χ1n) is 5.52. The highest BCUT2D eigenvalue weighted by atomic mass is 79.9. The van der Waals surface area contributed by atoms with E-state index in [1.54, 1.807) is 25.3 Å². The van der Waals surface area contributed by atoms with Gasteiger partial charge in [0.05, 0.1) is 21.5 Å². The third-order valence-electron chi connectivity index (χ3n) is 2.57. The number of methoxy groups -OCH3 is 1. The van der Waals surface area contributed by atoms with Gasteiger partial charge in [0.25, 0.3) is 5.91 Å². The molecule has 0 bridgehead atoms. The van der Waals surface area contributed by atoms with E-state index in [4.69, 9.17) is 10.5 Å². The van der Waals surface area contributed by atoms with Gasteiger partial charge in [-0.15, -0.1) is 11.3 Å². The fourth-order valence-electron chi connectivity index (χ4n) is 1.58. The van der Waals surface area contributed by atoms with E-state index in [-0.39, 0.29) is 5.91 Å². The Hall–Kier alpha value is -1.53. The highest BCUT2D eigenvalue weighted by Gasteiger charge is 2.12. The van der Waals surface area contributed by atoms with Gasteiger partial charge in [-0.1, -0.05) is 0 Å². The molecule has 0 fully saturated rings. The van der Waals surface area contributed by atoms with Gasteiger partial charge in [-0.05, 0) is 52.7 Å². The van der Waals surface area contributed by atoms with Crippen LogP contribution in [0.15, 0.2) is 28.1 Å². The first-order valence-corrected chi connectivity index (χ1v) is 7.13. The Morgan fingerprint density at radius 2 is 2.16 bits per heavy atom. The summed E-state index contributed by atoms with van der Waals surface area (Å²) in [5.41, 5.74) is 7.97. The van der Waals surface area contributed by atoms with Gasteiger partial charge in [0, 0.05) is 5.69 Å². The number of amides is 1. The van der Waals surface area contributed by atoms with E-state index in [0.717, 1.165) is 9.35 Å². The molecule has 3 N–H and O–H groups in total. The van der Waals surface area contributed by atoms with Gasteiger partial charge in [-0.2, -0.15) is 0 Å². The van der Waals surface area contributed by atoms with E-state index in [1.165, 1.54) is 11.3 Å². The van der Waals surface area contributed by atoms with Crippen LogP contribution in [0.2, 0.25) is 0 Å². The summed E-state index contributed by atoms with van der Waals surface area (Å²) >= 11 is 4.80. The maximum Gasteiger partial charge on any atom is 0.265 e. The Bertz CT molecular complexity index is 606. The molecule has 0 radical (unpaired) electrons. The molecule has 4 nitrogen and oxygen atoms in total. The second-order valence-corrected chi connectivity index (χ2v) is 6.35. The van der Waals surface area contributed by atoms with Gasteiger partial charge in [0.2, 0.25) is 0 Å². The summed E-state index contributed by atoms with van der Waals surface area (Å²) in [4.78, 5) is 12.7. The molecule has 1 aromatic heterocycles. The largest absolute Gasteiger partial charge is 0.495 e. The molecule has 1 heterocycles. The number of thiophene rings is 1. The number of hydrogen-bond acceptors (Lipinski definition) is 4. The predicted molar refractivity (Wildman–Crippen MR) is 82.1 cm³/mol. The van der Waals surface area contributed by atoms with Crippen molar-refractivity contribution in [1.82, 2.24) is 0 Å². The van der Waals surface area contributed by atoms with Crippen LogP contribution in [-0.4, -0.2) is 13.0 Å². The van der Waals surface area contributed by atoms with Crippen LogP contribution >= 0.6 is 27.3 Å². The Balaban J connectivity index is 2.17. The van der Waals surface area contributed by atoms with Gasteiger partial charge in [0.15, 0.2) is 0 Å². The van der Waals surface area contributed by atoms with Crippen LogP contribution in [0, 0.1) is 6.92 Å². The number of carbonyl (C=O) groups is 1. The van der Waals surface area contributed by atoms with Crippen molar-refractivity contribution in [3.8, 4) is 5.75 Å². The fourth-order valence-corrected chi connectivity index (χ4v) is 3.01. The summed E-state index contributed by atoms with van der Waals surface area (Å²) in [6.45, 7) is 1.95. The SMILES string of the molecule is COc1ccc(NC(=O)c2cc(C)c(Br)s2)cc1N. The minimum absolute atomic E-state index is 0.150. The van der Waals surface area contributed by atoms with Crippen molar-refractivity contribution in [3.05, 3.63) is 38.5 Å². The molecule has 19 heavy (non-hydrogen) atoms. The van der Waals surface area contributed by atoms with Crippen molar-refractivity contribution >= 4 is 44.5 Å². The van der Waals surface area contributed by atoms with Crippen LogP contribution in [0.4, 0.5) is 11.4 Å². The quantitative estimate of drug-likeness (QED) is 0.838. The van der Waals surface area contributed by atoms with Gasteiger partial charge >= 0.3 is 0 Å². The molecule has 0 spiro atoms. The molecule has 0 unspecified atom stereocenters. The van der Waals surface area contributed by atoms with Crippen molar-refractivity contribution in [2.24, 2.45) is 0 Å². The van der Waals surface area contributed by atoms with E-state index in [1.807, 2.05) is 13.0 Å². The predicted octanol–water partition coefficient (Wildman–Crippen LogP) is 3.66. The average Bonchev–Trinajstić information content (AvgIpc) is 2.70. The minimum Gasteiger partial charge on any atom is -0.495 e. The number of benzene rings is 1. The van der Waals surface area contributed by atoms with E-state index in [2.05, 4.69) is 21.2 Å². The van der Waals surface area contributed by atoms with Crippen molar-refractivity contribution in [1.29, 1.82) is 0 Å². The normalized spacial score (nSPS) is 10.3. The Labute approximate surface area is 123 Å². The summed E-state index contributed by atoms with van der Waals surface area (Å²) < 4.78 is 6.03. The monoisotopic (exact) mass is 340 g/mol. The lowest BCUT2D eigenvalue weighted by Crippen LogP contribution is -2.10. The van der Waals surface area contributed by atoms with Crippen LogP contribution in [-0.2, 0) is 0 Å². The summed E-state index contributed by atoms with van der Waals surface area (Å²) in [6.07, 6.45) is 0. The second kappa shape index (κ2) is 5.63. The van der Waals surface area contributed by atoms with Crippen molar-refractivity contribution in [3.63, 3.8) is 0 Å². The molecule has 0 saturated carbocycles. The zero-order valence-corrected chi connectivity index (χ0v) is 12.9. The average molecular weight is 341 g/mol. The Morgan fingerprint density at radius 1 is 1.42 bits per heavy atom. The van der Waals surface area contributed by atoms with Crippen LogP contribution in [0.25, 0.3) is 0 Å². The molecule has 0 aliphatic carbocycles. The van der Waals surface area contributed by atoms with Crippen LogP contribution in [0.1, 0.15) is 15.2 Å². The smallest absolute Gasteiger partial charge is 0.265 e. The number of halogens is 1. The first-order chi connectivity index (χ1) is 9.01. The molecule has 0 aliphatic rings. The highest BCUT2D eigenvalue weighted by molar-refractivity contribution is 9.11. The highest BCUT2D eigenvalue weighted by Crippen LogP contribution is 2.29. The van der Waals surface area contributed by atoms with E-state index in [0.29, 0.717) is 22.0 Å². The zero-order chi connectivity index (χ0) is 14.0. The molecular weight excluding hydrogens is 328 g/mol. The number of rotatable bonds is 3. The molecule has 0 aliphatic heterocycles. The number of hydrogen-bond donors (Lipinski definition) is 2. The van der Waals surface area contributed by atoms with Crippen LogP contribution in [0.5, 0.6) is 5.75 Å². The van der Waals surface area contributed by atoms with Gasteiger partial charge in [-0.3, -0.25) is 4.79 Å². The van der Waals surface area contributed by atoms with Gasteiger partial charge in [-0.25, -0.2) is 0 Å². The number of aryl methyl sites for hydroxylation is 1. The Kier molecular flexibility index (Phi) is 4.11. The lowest BCUT2D eigenvalue weighted by molar-refractivity contribution is 0.103. The van der Waals surface area contributed by atoms with Gasteiger partial charge < -0.3 is 15.8 Å². The molecular formula is C13H13BrN2O2S. The van der Waals surface area contributed by atoms with E-state index >= 15 is 0 Å². The third-order valence-corrected chi connectivity index (χ3v) is 4.70. The van der Waals surface area contributed by atoms with Gasteiger partial charge in [0.1, 0.15) is 5.75 Å².